The van der Waals surface area contributed by atoms with Crippen molar-refractivity contribution < 1.29 is 32.7 Å². The summed E-state index contributed by atoms with van der Waals surface area (Å²) >= 11 is 0. The van der Waals surface area contributed by atoms with E-state index in [4.69, 9.17) is 0 Å². The van der Waals surface area contributed by atoms with Gasteiger partial charge >= 0.3 is 18.2 Å². The highest BCUT2D eigenvalue weighted by molar-refractivity contribution is 5.94. The molecular formula is C20H28F3N3O4. The standard InChI is InChI=1S/C20H28F3N3O4/c1-11(2)8-15(17(27)25-16(18(28)29)9-12(3)4)26-19(30)24-14-7-5-6-13(10-14)20(21,22)23/h5-7,10-12,15-16H,8-9H2,1-4H3,(H,25,27)(H,28,29)(H2,24,26,30)/t15-,16+/m1/s1. The van der Waals surface area contributed by atoms with Crippen LogP contribution in [0, 0.1) is 11.8 Å². The molecule has 1 aromatic rings. The molecule has 2 atom stereocenters. The number of rotatable bonds is 9. The molecule has 30 heavy (non-hydrogen) atoms. The number of nitrogens with one attached hydrogen (secondary N) is 3. The van der Waals surface area contributed by atoms with E-state index >= 15 is 0 Å². The van der Waals surface area contributed by atoms with E-state index in [9.17, 15) is 32.7 Å². The third-order valence-electron chi connectivity index (χ3n) is 4.10. The summed E-state index contributed by atoms with van der Waals surface area (Å²) in [4.78, 5) is 36.2. The van der Waals surface area contributed by atoms with Crippen LogP contribution >= 0.6 is 0 Å². The molecule has 10 heteroatoms. The SMILES string of the molecule is CC(C)C[C@H](NC(=O)[C@@H](CC(C)C)NC(=O)Nc1cccc(C(F)(F)F)c1)C(=O)O. The van der Waals surface area contributed by atoms with Gasteiger partial charge in [-0.2, -0.15) is 13.2 Å². The van der Waals surface area contributed by atoms with Crippen molar-refractivity contribution in [2.24, 2.45) is 11.8 Å². The number of carboxylic acid groups (broad SMARTS) is 1. The topological polar surface area (TPSA) is 108 Å². The molecule has 168 valence electrons. The summed E-state index contributed by atoms with van der Waals surface area (Å²) in [5.41, 5.74) is -1.01. The Kier molecular flexibility index (Phi) is 9.13. The number of aliphatic carboxylic acids is 1. The molecule has 0 saturated carbocycles. The predicted molar refractivity (Wildman–Crippen MR) is 106 cm³/mol. The number of anilines is 1. The Balaban J connectivity index is 2.87. The van der Waals surface area contributed by atoms with Crippen molar-refractivity contribution in [3.8, 4) is 0 Å². The maximum Gasteiger partial charge on any atom is 0.416 e. The molecule has 0 aliphatic heterocycles. The van der Waals surface area contributed by atoms with Gasteiger partial charge in [0.2, 0.25) is 5.91 Å². The Morgan fingerprint density at radius 1 is 0.967 bits per heavy atom. The largest absolute Gasteiger partial charge is 0.480 e. The number of urea groups is 1. The number of carbonyl (C=O) groups excluding carboxylic acids is 2. The van der Waals surface area contributed by atoms with E-state index in [1.54, 1.807) is 0 Å². The summed E-state index contributed by atoms with van der Waals surface area (Å²) in [6.45, 7) is 7.26. The van der Waals surface area contributed by atoms with E-state index in [1.807, 2.05) is 27.7 Å². The van der Waals surface area contributed by atoms with Gasteiger partial charge in [0.15, 0.2) is 0 Å². The molecule has 0 fully saturated rings. The molecule has 1 rings (SSSR count). The van der Waals surface area contributed by atoms with Crippen LogP contribution in [0.1, 0.15) is 46.1 Å². The molecule has 0 saturated heterocycles. The van der Waals surface area contributed by atoms with Gasteiger partial charge in [0.25, 0.3) is 0 Å². The van der Waals surface area contributed by atoms with Gasteiger partial charge in [0, 0.05) is 5.69 Å². The van der Waals surface area contributed by atoms with Crippen LogP contribution in [0.4, 0.5) is 23.7 Å². The van der Waals surface area contributed by atoms with E-state index in [2.05, 4.69) is 16.0 Å². The number of carbonyl (C=O) groups is 3. The van der Waals surface area contributed by atoms with E-state index in [0.717, 1.165) is 18.2 Å². The number of halogens is 3. The van der Waals surface area contributed by atoms with Gasteiger partial charge in [-0.3, -0.25) is 4.79 Å². The highest BCUT2D eigenvalue weighted by Crippen LogP contribution is 2.30. The molecular weight excluding hydrogens is 403 g/mol. The first-order chi connectivity index (χ1) is 13.8. The summed E-state index contributed by atoms with van der Waals surface area (Å²) in [5, 5.41) is 16.4. The summed E-state index contributed by atoms with van der Waals surface area (Å²) in [7, 11) is 0. The van der Waals surface area contributed by atoms with Crippen LogP contribution in [0.5, 0.6) is 0 Å². The lowest BCUT2D eigenvalue weighted by Gasteiger charge is -2.23. The zero-order chi connectivity index (χ0) is 23.1. The van der Waals surface area contributed by atoms with Crippen LogP contribution in [0.15, 0.2) is 24.3 Å². The van der Waals surface area contributed by atoms with Crippen molar-refractivity contribution in [1.29, 1.82) is 0 Å². The van der Waals surface area contributed by atoms with Gasteiger partial charge < -0.3 is 21.1 Å². The average molecular weight is 431 g/mol. The molecule has 1 aromatic carbocycles. The second-order valence-electron chi connectivity index (χ2n) is 7.89. The van der Waals surface area contributed by atoms with Crippen LogP contribution in [0.3, 0.4) is 0 Å². The lowest BCUT2D eigenvalue weighted by atomic mass is 10.0. The maximum atomic E-state index is 12.8. The number of amides is 3. The van der Waals surface area contributed by atoms with E-state index < -0.39 is 41.7 Å². The summed E-state index contributed by atoms with van der Waals surface area (Å²) in [5.74, 6) is -1.85. The van der Waals surface area contributed by atoms with E-state index in [1.165, 1.54) is 6.07 Å². The van der Waals surface area contributed by atoms with Crippen molar-refractivity contribution in [1.82, 2.24) is 10.6 Å². The monoisotopic (exact) mass is 431 g/mol. The first-order valence-electron chi connectivity index (χ1n) is 9.57. The van der Waals surface area contributed by atoms with Crippen LogP contribution in [0.25, 0.3) is 0 Å². The molecule has 0 radical (unpaired) electrons. The molecule has 4 N–H and O–H groups in total. The average Bonchev–Trinajstić information content (AvgIpc) is 2.59. The minimum absolute atomic E-state index is 0.0111. The van der Waals surface area contributed by atoms with Gasteiger partial charge in [0.05, 0.1) is 5.56 Å². The molecule has 0 aliphatic rings. The Bertz CT molecular complexity index is 751. The fraction of sp³-hybridized carbons (Fsp3) is 0.550. The van der Waals surface area contributed by atoms with Crippen molar-refractivity contribution in [3.63, 3.8) is 0 Å². The van der Waals surface area contributed by atoms with Crippen LogP contribution in [-0.2, 0) is 15.8 Å². The van der Waals surface area contributed by atoms with Crippen molar-refractivity contribution in [2.75, 3.05) is 5.32 Å². The zero-order valence-electron chi connectivity index (χ0n) is 17.3. The first-order valence-corrected chi connectivity index (χ1v) is 9.57. The quantitative estimate of drug-likeness (QED) is 0.476. The molecule has 0 unspecified atom stereocenters. The van der Waals surface area contributed by atoms with Gasteiger partial charge in [-0.1, -0.05) is 33.8 Å². The van der Waals surface area contributed by atoms with Gasteiger partial charge in [-0.15, -0.1) is 0 Å². The van der Waals surface area contributed by atoms with E-state index in [-0.39, 0.29) is 30.4 Å². The number of hydrogen-bond donors (Lipinski definition) is 4. The Hall–Kier alpha value is -2.78. The molecule has 0 spiro atoms. The van der Waals surface area contributed by atoms with Crippen LogP contribution in [0.2, 0.25) is 0 Å². The molecule has 0 bridgehead atoms. The third-order valence-corrected chi connectivity index (χ3v) is 4.10. The second kappa shape index (κ2) is 10.8. The molecule has 3 amide bonds. The number of hydrogen-bond acceptors (Lipinski definition) is 3. The summed E-state index contributed by atoms with van der Waals surface area (Å²) in [6.07, 6.45) is -4.13. The predicted octanol–water partition coefficient (Wildman–Crippen LogP) is 3.86. The van der Waals surface area contributed by atoms with Crippen molar-refractivity contribution in [3.05, 3.63) is 29.8 Å². The minimum Gasteiger partial charge on any atom is -0.480 e. The summed E-state index contributed by atoms with van der Waals surface area (Å²) in [6, 6.07) is 1.06. The lowest BCUT2D eigenvalue weighted by Crippen LogP contribution is -2.53. The number of benzene rings is 1. The second-order valence-corrected chi connectivity index (χ2v) is 7.89. The number of alkyl halides is 3. The molecule has 0 aliphatic carbocycles. The normalized spacial score (nSPS) is 13.6. The van der Waals surface area contributed by atoms with Crippen LogP contribution < -0.4 is 16.0 Å². The first kappa shape index (κ1) is 25.3. The third kappa shape index (κ3) is 8.71. The highest BCUT2D eigenvalue weighted by Gasteiger charge is 2.31. The Morgan fingerprint density at radius 3 is 2.03 bits per heavy atom. The fourth-order valence-electron chi connectivity index (χ4n) is 2.77. The zero-order valence-corrected chi connectivity index (χ0v) is 17.3. The molecule has 0 aromatic heterocycles. The maximum absolute atomic E-state index is 12.8. The van der Waals surface area contributed by atoms with Gasteiger partial charge in [-0.25, -0.2) is 9.59 Å². The smallest absolute Gasteiger partial charge is 0.416 e. The van der Waals surface area contributed by atoms with Crippen LogP contribution in [-0.4, -0.2) is 35.1 Å². The summed E-state index contributed by atoms with van der Waals surface area (Å²) < 4.78 is 38.4. The highest BCUT2D eigenvalue weighted by atomic mass is 19.4. The van der Waals surface area contributed by atoms with Gasteiger partial charge in [-0.05, 0) is 42.9 Å². The number of carboxylic acids is 1. The van der Waals surface area contributed by atoms with Gasteiger partial charge in [0.1, 0.15) is 12.1 Å². The minimum atomic E-state index is -4.56. The molecule has 0 heterocycles. The van der Waals surface area contributed by atoms with Crippen molar-refractivity contribution in [2.45, 2.75) is 58.8 Å². The Labute approximate surface area is 173 Å². The van der Waals surface area contributed by atoms with E-state index in [0.29, 0.717) is 0 Å². The lowest BCUT2D eigenvalue weighted by molar-refractivity contribution is -0.142. The fourth-order valence-corrected chi connectivity index (χ4v) is 2.77. The van der Waals surface area contributed by atoms with Crippen molar-refractivity contribution >= 4 is 23.6 Å². The Morgan fingerprint density at radius 2 is 1.53 bits per heavy atom. The molecule has 7 nitrogen and oxygen atoms in total.